The minimum absolute atomic E-state index is 0.839. The van der Waals surface area contributed by atoms with Crippen LogP contribution < -0.4 is 0 Å². The predicted molar refractivity (Wildman–Crippen MR) is 64.0 cm³/mol. The molecule has 0 saturated heterocycles. The number of hydrogen-bond acceptors (Lipinski definition) is 2. The quantitative estimate of drug-likeness (QED) is 0.439. The number of aromatic nitrogens is 2. The summed E-state index contributed by atoms with van der Waals surface area (Å²) in [7, 11) is 0. The van der Waals surface area contributed by atoms with Crippen molar-refractivity contribution >= 4 is 11.0 Å². The van der Waals surface area contributed by atoms with Crippen molar-refractivity contribution < 1.29 is 0 Å². The largest absolute Gasteiger partial charge is 0.237 e. The van der Waals surface area contributed by atoms with E-state index in [1.165, 1.54) is 27.6 Å². The van der Waals surface area contributed by atoms with Crippen LogP contribution in [0.4, 0.5) is 0 Å². The van der Waals surface area contributed by atoms with Crippen molar-refractivity contribution in [1.82, 2.24) is 9.97 Å². The summed E-state index contributed by atoms with van der Waals surface area (Å²) >= 11 is 0. The van der Waals surface area contributed by atoms with Gasteiger partial charge >= 0.3 is 0 Å². The van der Waals surface area contributed by atoms with Crippen LogP contribution in [-0.2, 0) is 0 Å². The summed E-state index contributed by atoms with van der Waals surface area (Å²) in [4.78, 5) is 8.63. The third kappa shape index (κ3) is 0.823. The molecule has 0 atom stereocenters. The Kier molecular flexibility index (Phi) is 1.33. The van der Waals surface area contributed by atoms with Crippen molar-refractivity contribution in [3.8, 4) is 22.3 Å². The lowest BCUT2D eigenvalue weighted by molar-refractivity contribution is 1.29. The van der Waals surface area contributed by atoms with E-state index in [9.17, 15) is 0 Å². The van der Waals surface area contributed by atoms with Gasteiger partial charge in [0, 0.05) is 17.8 Å². The number of hydrogen-bond donors (Lipinski definition) is 0. The first-order chi connectivity index (χ1) is 7.95. The second-order valence-electron chi connectivity index (χ2n) is 3.96. The Morgan fingerprint density at radius 2 is 1.19 bits per heavy atom. The Balaban J connectivity index is 2.31. The molecule has 0 saturated carbocycles. The van der Waals surface area contributed by atoms with E-state index in [0.717, 1.165) is 5.65 Å². The predicted octanol–water partition coefficient (Wildman–Crippen LogP) is 3.28. The summed E-state index contributed by atoms with van der Waals surface area (Å²) in [6.45, 7) is 0. The highest BCUT2D eigenvalue weighted by atomic mass is 14.8. The molecule has 0 aliphatic heterocycles. The summed E-state index contributed by atoms with van der Waals surface area (Å²) in [5.74, 6) is 0. The summed E-state index contributed by atoms with van der Waals surface area (Å²) in [6.07, 6.45) is 3.66. The molecule has 1 aromatic carbocycles. The highest BCUT2D eigenvalue weighted by molar-refractivity contribution is 6.12. The number of fused-ring (bicyclic) bond motifs is 3. The second kappa shape index (κ2) is 2.67. The van der Waals surface area contributed by atoms with Gasteiger partial charge in [0.2, 0.25) is 0 Å². The summed E-state index contributed by atoms with van der Waals surface area (Å²) < 4.78 is 0. The molecule has 1 aliphatic rings. The minimum Gasteiger partial charge on any atom is -0.237 e. The van der Waals surface area contributed by atoms with E-state index >= 15 is 0 Å². The molecule has 74 valence electrons. The summed E-state index contributed by atoms with van der Waals surface area (Å²) in [5, 5.41) is 1.19. The van der Waals surface area contributed by atoms with Crippen LogP contribution in [0.1, 0.15) is 0 Å². The number of pyridine rings is 2. The number of nitrogens with zero attached hydrogens (tertiary/aromatic N) is 2. The molecule has 2 heterocycles. The lowest BCUT2D eigenvalue weighted by atomic mass is 10.1. The Morgan fingerprint density at radius 3 is 1.75 bits per heavy atom. The van der Waals surface area contributed by atoms with Gasteiger partial charge in [-0.2, -0.15) is 0 Å². The van der Waals surface area contributed by atoms with Crippen LogP contribution >= 0.6 is 0 Å². The topological polar surface area (TPSA) is 25.8 Å². The van der Waals surface area contributed by atoms with Crippen molar-refractivity contribution in [2.24, 2.45) is 0 Å². The van der Waals surface area contributed by atoms with Crippen molar-refractivity contribution in [3.05, 3.63) is 48.8 Å². The lowest BCUT2D eigenvalue weighted by Gasteiger charge is -1.98. The monoisotopic (exact) mass is 204 g/mol. The molecule has 0 unspecified atom stereocenters. The fourth-order valence-electron chi connectivity index (χ4n) is 2.48. The maximum Gasteiger partial charge on any atom is 0.160 e. The van der Waals surface area contributed by atoms with E-state index in [1.807, 2.05) is 12.4 Å². The highest BCUT2D eigenvalue weighted by Gasteiger charge is 2.20. The Morgan fingerprint density at radius 1 is 0.625 bits per heavy atom. The van der Waals surface area contributed by atoms with Crippen LogP contribution in [0.5, 0.6) is 0 Å². The van der Waals surface area contributed by atoms with Crippen molar-refractivity contribution in [2.45, 2.75) is 0 Å². The van der Waals surface area contributed by atoms with Crippen molar-refractivity contribution in [3.63, 3.8) is 0 Å². The molecule has 3 aromatic rings. The highest BCUT2D eigenvalue weighted by Crippen LogP contribution is 2.45. The minimum atomic E-state index is 0.839. The molecule has 0 fully saturated rings. The fourth-order valence-corrected chi connectivity index (χ4v) is 2.48. The Hall–Kier alpha value is -2.22. The van der Waals surface area contributed by atoms with E-state index in [4.69, 9.17) is 0 Å². The number of benzene rings is 1. The van der Waals surface area contributed by atoms with E-state index in [0.29, 0.717) is 0 Å². The first-order valence-electron chi connectivity index (χ1n) is 5.28. The zero-order valence-electron chi connectivity index (χ0n) is 8.51. The lowest BCUT2D eigenvalue weighted by Crippen LogP contribution is -1.83. The van der Waals surface area contributed by atoms with Crippen LogP contribution in [0.2, 0.25) is 0 Å². The molecule has 2 heteroatoms. The van der Waals surface area contributed by atoms with Crippen LogP contribution in [-0.4, -0.2) is 9.97 Å². The average molecular weight is 204 g/mol. The van der Waals surface area contributed by atoms with Crippen LogP contribution in [0.15, 0.2) is 48.8 Å². The molecule has 1 aliphatic carbocycles. The van der Waals surface area contributed by atoms with E-state index in [2.05, 4.69) is 46.4 Å². The van der Waals surface area contributed by atoms with Crippen molar-refractivity contribution in [2.75, 3.05) is 0 Å². The standard InChI is InChI=1S/C14H8N2/c1-2-4-10-9(3-1)11-5-7-15-14-13(11)12(10)6-8-16-14/h1-8H. The Bertz CT molecular complexity index is 659. The summed E-state index contributed by atoms with van der Waals surface area (Å²) in [5.41, 5.74) is 5.93. The number of rotatable bonds is 0. The zero-order chi connectivity index (χ0) is 10.5. The van der Waals surface area contributed by atoms with Gasteiger partial charge < -0.3 is 0 Å². The molecule has 0 spiro atoms. The van der Waals surface area contributed by atoms with Gasteiger partial charge in [-0.15, -0.1) is 0 Å². The maximum absolute atomic E-state index is 4.31. The Labute approximate surface area is 92.6 Å². The SMILES string of the molecule is c1ccc2c(c1)-c1ccnc3nccc-2c13. The van der Waals surface area contributed by atoms with Crippen LogP contribution in [0.3, 0.4) is 0 Å². The van der Waals surface area contributed by atoms with Gasteiger partial charge in [0.25, 0.3) is 0 Å². The van der Waals surface area contributed by atoms with Gasteiger partial charge in [0.05, 0.1) is 0 Å². The van der Waals surface area contributed by atoms with Gasteiger partial charge in [0.15, 0.2) is 5.65 Å². The summed E-state index contributed by atoms with van der Waals surface area (Å²) in [6, 6.07) is 12.6. The molecule has 0 bridgehead atoms. The van der Waals surface area contributed by atoms with Crippen LogP contribution in [0.25, 0.3) is 33.3 Å². The molecule has 4 rings (SSSR count). The third-order valence-electron chi connectivity index (χ3n) is 3.15. The van der Waals surface area contributed by atoms with Crippen molar-refractivity contribution in [1.29, 1.82) is 0 Å². The zero-order valence-corrected chi connectivity index (χ0v) is 8.51. The molecule has 0 radical (unpaired) electrons. The first kappa shape index (κ1) is 7.99. The van der Waals surface area contributed by atoms with Gasteiger partial charge in [0.1, 0.15) is 0 Å². The molecular formula is C14H8N2. The van der Waals surface area contributed by atoms with Gasteiger partial charge in [-0.1, -0.05) is 24.3 Å². The van der Waals surface area contributed by atoms with E-state index < -0.39 is 0 Å². The third-order valence-corrected chi connectivity index (χ3v) is 3.15. The fraction of sp³-hybridized carbons (Fsp3) is 0. The molecule has 0 N–H and O–H groups in total. The van der Waals surface area contributed by atoms with Gasteiger partial charge in [-0.25, -0.2) is 9.97 Å². The van der Waals surface area contributed by atoms with Gasteiger partial charge in [-0.05, 0) is 34.4 Å². The smallest absolute Gasteiger partial charge is 0.160 e. The average Bonchev–Trinajstić information content (AvgIpc) is 2.68. The second-order valence-corrected chi connectivity index (χ2v) is 3.96. The van der Waals surface area contributed by atoms with E-state index in [1.54, 1.807) is 0 Å². The van der Waals surface area contributed by atoms with E-state index in [-0.39, 0.29) is 0 Å². The van der Waals surface area contributed by atoms with Crippen LogP contribution in [0, 0.1) is 0 Å². The maximum atomic E-state index is 4.31. The molecular weight excluding hydrogens is 196 g/mol. The molecule has 2 nitrogen and oxygen atoms in total. The molecule has 16 heavy (non-hydrogen) atoms. The van der Waals surface area contributed by atoms with Gasteiger partial charge in [-0.3, -0.25) is 0 Å². The normalized spacial score (nSPS) is 11.8. The molecule has 2 aromatic heterocycles. The first-order valence-corrected chi connectivity index (χ1v) is 5.28. The molecule has 0 amide bonds.